The number of rotatable bonds is 9. The molecule has 0 bridgehead atoms. The van der Waals surface area contributed by atoms with Crippen molar-refractivity contribution in [1.82, 2.24) is 4.98 Å². The van der Waals surface area contributed by atoms with Gasteiger partial charge >= 0.3 is 5.97 Å². The van der Waals surface area contributed by atoms with Gasteiger partial charge in [0.15, 0.2) is 0 Å². The number of nitrogens with zero attached hydrogens (tertiary/aromatic N) is 1. The van der Waals surface area contributed by atoms with Crippen molar-refractivity contribution in [3.8, 4) is 5.88 Å². The Morgan fingerprint density at radius 1 is 1.33 bits per heavy atom. The number of unbranched alkanes of at least 4 members (excludes halogenated alkanes) is 3. The summed E-state index contributed by atoms with van der Waals surface area (Å²) in [6.45, 7) is 6.23. The first-order valence-corrected chi connectivity index (χ1v) is 7.67. The van der Waals surface area contributed by atoms with Gasteiger partial charge in [-0.05, 0) is 32.8 Å². The average molecular weight is 294 g/mol. The molecule has 1 unspecified atom stereocenters. The maximum atomic E-state index is 11.9. The van der Waals surface area contributed by atoms with Gasteiger partial charge in [-0.1, -0.05) is 26.2 Å². The van der Waals surface area contributed by atoms with Crippen molar-refractivity contribution in [2.75, 3.05) is 12.3 Å². The smallest absolute Gasteiger partial charge is 0.343 e. The number of esters is 1. The predicted molar refractivity (Wildman–Crippen MR) is 83.5 cm³/mol. The molecule has 0 aliphatic rings. The molecular weight excluding hydrogens is 268 g/mol. The molecule has 0 saturated heterocycles. The minimum absolute atomic E-state index is 0.00570. The Morgan fingerprint density at radius 3 is 2.76 bits per heavy atom. The van der Waals surface area contributed by atoms with E-state index in [1.54, 1.807) is 13.0 Å². The van der Waals surface area contributed by atoms with Crippen LogP contribution in [0.5, 0.6) is 5.88 Å². The third kappa shape index (κ3) is 6.02. The van der Waals surface area contributed by atoms with Gasteiger partial charge < -0.3 is 15.2 Å². The maximum absolute atomic E-state index is 11.9. The molecule has 0 aliphatic carbocycles. The summed E-state index contributed by atoms with van der Waals surface area (Å²) in [5.41, 5.74) is 6.39. The first-order valence-electron chi connectivity index (χ1n) is 7.67. The molecule has 0 fully saturated rings. The fourth-order valence-electron chi connectivity index (χ4n) is 2.03. The van der Waals surface area contributed by atoms with Crippen LogP contribution in [-0.4, -0.2) is 23.7 Å². The molecule has 0 aliphatic heterocycles. The van der Waals surface area contributed by atoms with Gasteiger partial charge in [0.1, 0.15) is 5.56 Å². The second kappa shape index (κ2) is 9.21. The van der Waals surface area contributed by atoms with E-state index in [1.807, 2.05) is 6.92 Å². The van der Waals surface area contributed by atoms with Crippen LogP contribution in [0, 0.1) is 0 Å². The summed E-state index contributed by atoms with van der Waals surface area (Å²) in [7, 11) is 0. The molecule has 1 heterocycles. The second-order valence-corrected chi connectivity index (χ2v) is 5.12. The molecule has 0 amide bonds. The predicted octanol–water partition coefficient (Wildman–Crippen LogP) is 3.58. The Bertz CT molecular complexity index is 449. The number of hydrogen-bond donors (Lipinski definition) is 1. The number of nitrogens with two attached hydrogens (primary N) is 1. The molecule has 1 aromatic rings. The Hall–Kier alpha value is -1.78. The molecule has 5 nitrogen and oxygen atoms in total. The van der Waals surface area contributed by atoms with Crippen LogP contribution < -0.4 is 10.5 Å². The largest absolute Gasteiger partial charge is 0.474 e. The van der Waals surface area contributed by atoms with Gasteiger partial charge in [-0.3, -0.25) is 0 Å². The van der Waals surface area contributed by atoms with Crippen LogP contribution in [0.3, 0.4) is 0 Å². The topological polar surface area (TPSA) is 74.4 Å². The molecule has 1 atom stereocenters. The van der Waals surface area contributed by atoms with Crippen LogP contribution >= 0.6 is 0 Å². The van der Waals surface area contributed by atoms with E-state index < -0.39 is 5.97 Å². The van der Waals surface area contributed by atoms with Gasteiger partial charge in [-0.25, -0.2) is 9.78 Å². The summed E-state index contributed by atoms with van der Waals surface area (Å²) in [6, 6.07) is 1.55. The summed E-state index contributed by atoms with van der Waals surface area (Å²) in [6.07, 6.45) is 7.19. The Labute approximate surface area is 126 Å². The lowest BCUT2D eigenvalue weighted by Crippen LogP contribution is -2.16. The summed E-state index contributed by atoms with van der Waals surface area (Å²) in [5, 5.41) is 0. The SMILES string of the molecule is CCCCCCC(C)Oc1ncc(N)cc1C(=O)OCC. The summed E-state index contributed by atoms with van der Waals surface area (Å²) in [5.74, 6) is -0.156. The lowest BCUT2D eigenvalue weighted by molar-refractivity contribution is 0.0517. The summed E-state index contributed by atoms with van der Waals surface area (Å²) < 4.78 is 10.8. The number of hydrogen-bond acceptors (Lipinski definition) is 5. The molecule has 118 valence electrons. The van der Waals surface area contributed by atoms with Crippen LogP contribution in [0.4, 0.5) is 5.69 Å². The van der Waals surface area contributed by atoms with E-state index in [4.69, 9.17) is 15.2 Å². The average Bonchev–Trinajstić information content (AvgIpc) is 2.46. The highest BCUT2D eigenvalue weighted by molar-refractivity contribution is 5.92. The molecule has 1 aromatic heterocycles. The first kappa shape index (κ1) is 17.3. The molecule has 1 rings (SSSR count). The van der Waals surface area contributed by atoms with E-state index in [9.17, 15) is 4.79 Å². The number of carbonyl (C=O) groups is 1. The molecular formula is C16H26N2O3. The third-order valence-corrected chi connectivity index (χ3v) is 3.14. The number of ether oxygens (including phenoxy) is 2. The number of anilines is 1. The van der Waals surface area contributed by atoms with Crippen LogP contribution in [0.15, 0.2) is 12.3 Å². The van der Waals surface area contributed by atoms with Crippen molar-refractivity contribution < 1.29 is 14.3 Å². The fourth-order valence-corrected chi connectivity index (χ4v) is 2.03. The molecule has 0 aromatic carbocycles. The highest BCUT2D eigenvalue weighted by atomic mass is 16.5. The quantitative estimate of drug-likeness (QED) is 0.556. The monoisotopic (exact) mass is 294 g/mol. The summed E-state index contributed by atoms with van der Waals surface area (Å²) in [4.78, 5) is 16.0. The first-order chi connectivity index (χ1) is 10.1. The highest BCUT2D eigenvalue weighted by Crippen LogP contribution is 2.21. The van der Waals surface area contributed by atoms with Crippen molar-refractivity contribution >= 4 is 11.7 Å². The molecule has 0 saturated carbocycles. The van der Waals surface area contributed by atoms with E-state index in [0.717, 1.165) is 12.8 Å². The van der Waals surface area contributed by atoms with E-state index in [1.165, 1.54) is 25.5 Å². The van der Waals surface area contributed by atoms with Crippen LogP contribution in [0.1, 0.15) is 63.2 Å². The lowest BCUT2D eigenvalue weighted by atomic mass is 10.1. The number of carbonyl (C=O) groups excluding carboxylic acids is 1. The van der Waals surface area contributed by atoms with Gasteiger partial charge in [0.2, 0.25) is 5.88 Å². The van der Waals surface area contributed by atoms with Crippen molar-refractivity contribution in [2.24, 2.45) is 0 Å². The zero-order chi connectivity index (χ0) is 15.7. The van der Waals surface area contributed by atoms with E-state index >= 15 is 0 Å². The Morgan fingerprint density at radius 2 is 2.10 bits per heavy atom. The van der Waals surface area contributed by atoms with Gasteiger partial charge in [0, 0.05) is 0 Å². The number of nitrogen functional groups attached to an aromatic ring is 1. The van der Waals surface area contributed by atoms with Crippen molar-refractivity contribution in [2.45, 2.75) is 59.0 Å². The molecule has 5 heteroatoms. The standard InChI is InChI=1S/C16H26N2O3/c1-4-6-7-8-9-12(3)21-15-14(16(19)20-5-2)10-13(17)11-18-15/h10-12H,4-9,17H2,1-3H3. The number of pyridine rings is 1. The molecule has 2 N–H and O–H groups in total. The molecule has 21 heavy (non-hydrogen) atoms. The zero-order valence-electron chi connectivity index (χ0n) is 13.2. The molecule has 0 spiro atoms. The molecule has 0 radical (unpaired) electrons. The Kier molecular flexibility index (Phi) is 7.58. The van der Waals surface area contributed by atoms with E-state index in [-0.39, 0.29) is 11.7 Å². The van der Waals surface area contributed by atoms with Gasteiger partial charge in [0.25, 0.3) is 0 Å². The zero-order valence-corrected chi connectivity index (χ0v) is 13.2. The lowest BCUT2D eigenvalue weighted by Gasteiger charge is -2.16. The normalized spacial score (nSPS) is 12.0. The van der Waals surface area contributed by atoms with Crippen LogP contribution in [0.2, 0.25) is 0 Å². The Balaban J connectivity index is 2.66. The highest BCUT2D eigenvalue weighted by Gasteiger charge is 2.17. The van der Waals surface area contributed by atoms with E-state index in [2.05, 4.69) is 11.9 Å². The second-order valence-electron chi connectivity index (χ2n) is 5.12. The van der Waals surface area contributed by atoms with Crippen molar-refractivity contribution in [3.63, 3.8) is 0 Å². The van der Waals surface area contributed by atoms with Crippen molar-refractivity contribution in [3.05, 3.63) is 17.8 Å². The van der Waals surface area contributed by atoms with Gasteiger partial charge in [-0.15, -0.1) is 0 Å². The van der Waals surface area contributed by atoms with Crippen LogP contribution in [0.25, 0.3) is 0 Å². The third-order valence-electron chi connectivity index (χ3n) is 3.14. The fraction of sp³-hybridized carbons (Fsp3) is 0.625. The van der Waals surface area contributed by atoms with E-state index in [0.29, 0.717) is 18.2 Å². The van der Waals surface area contributed by atoms with Gasteiger partial charge in [0.05, 0.1) is 24.6 Å². The van der Waals surface area contributed by atoms with Gasteiger partial charge in [-0.2, -0.15) is 0 Å². The number of aromatic nitrogens is 1. The summed E-state index contributed by atoms with van der Waals surface area (Å²) >= 11 is 0. The minimum atomic E-state index is -0.453. The van der Waals surface area contributed by atoms with Crippen LogP contribution in [-0.2, 0) is 4.74 Å². The minimum Gasteiger partial charge on any atom is -0.474 e. The maximum Gasteiger partial charge on any atom is 0.343 e. The van der Waals surface area contributed by atoms with Crippen molar-refractivity contribution in [1.29, 1.82) is 0 Å².